The van der Waals surface area contributed by atoms with Gasteiger partial charge >= 0.3 is 5.97 Å². The Morgan fingerprint density at radius 3 is 2.80 bits per heavy atom. The van der Waals surface area contributed by atoms with Gasteiger partial charge in [-0.1, -0.05) is 12.1 Å². The lowest BCUT2D eigenvalue weighted by Crippen LogP contribution is -1.99. The molecule has 0 amide bonds. The number of nitrogens with zero attached hydrogens (tertiary/aromatic N) is 1. The van der Waals surface area contributed by atoms with Gasteiger partial charge in [0.2, 0.25) is 0 Å². The lowest BCUT2D eigenvalue weighted by Gasteiger charge is -1.97. The van der Waals surface area contributed by atoms with Crippen LogP contribution in [-0.4, -0.2) is 16.0 Å². The molecule has 0 aliphatic heterocycles. The Bertz CT molecular complexity index is 429. The molecule has 2 atom stereocenters. The Morgan fingerprint density at radius 2 is 2.27 bits per heavy atom. The molecule has 0 aromatic heterocycles. The van der Waals surface area contributed by atoms with Crippen molar-refractivity contribution in [3.63, 3.8) is 0 Å². The number of benzene rings is 1. The number of aliphatic carboxylic acids is 1. The SMILES string of the molecule is O=C(O)[C@@H]1C[C@H]1c1cccc([N+](=O)[O-])c1. The Balaban J connectivity index is 2.20. The van der Waals surface area contributed by atoms with E-state index >= 15 is 0 Å². The van der Waals surface area contributed by atoms with Gasteiger partial charge in [-0.05, 0) is 17.9 Å². The largest absolute Gasteiger partial charge is 0.481 e. The Labute approximate surface area is 85.5 Å². The zero-order valence-electron chi connectivity index (χ0n) is 7.79. The summed E-state index contributed by atoms with van der Waals surface area (Å²) in [6.07, 6.45) is 0.580. The fraction of sp³-hybridized carbons (Fsp3) is 0.300. The van der Waals surface area contributed by atoms with Crippen LogP contribution < -0.4 is 0 Å². The van der Waals surface area contributed by atoms with Crippen molar-refractivity contribution >= 4 is 11.7 Å². The third-order valence-corrected chi connectivity index (χ3v) is 2.62. The van der Waals surface area contributed by atoms with Crippen molar-refractivity contribution < 1.29 is 14.8 Å². The summed E-state index contributed by atoms with van der Waals surface area (Å²) in [6.45, 7) is 0. The Morgan fingerprint density at radius 1 is 1.53 bits per heavy atom. The minimum Gasteiger partial charge on any atom is -0.481 e. The molecule has 1 saturated carbocycles. The van der Waals surface area contributed by atoms with Crippen LogP contribution in [0.25, 0.3) is 0 Å². The second-order valence-electron chi connectivity index (χ2n) is 3.64. The van der Waals surface area contributed by atoms with Gasteiger partial charge in [-0.2, -0.15) is 0 Å². The molecule has 1 N–H and O–H groups in total. The summed E-state index contributed by atoms with van der Waals surface area (Å²) < 4.78 is 0. The Kier molecular flexibility index (Phi) is 2.15. The maximum absolute atomic E-state index is 10.6. The molecule has 1 aromatic carbocycles. The van der Waals surface area contributed by atoms with Gasteiger partial charge in [0, 0.05) is 12.1 Å². The molecule has 0 spiro atoms. The number of hydrogen-bond donors (Lipinski definition) is 1. The summed E-state index contributed by atoms with van der Waals surface area (Å²) in [5.41, 5.74) is 0.764. The molecular formula is C10H9NO4. The first-order valence-electron chi connectivity index (χ1n) is 4.57. The van der Waals surface area contributed by atoms with Crippen LogP contribution in [0.5, 0.6) is 0 Å². The molecule has 0 heterocycles. The summed E-state index contributed by atoms with van der Waals surface area (Å²) in [6, 6.07) is 6.18. The molecule has 5 nitrogen and oxygen atoms in total. The fourth-order valence-electron chi connectivity index (χ4n) is 1.71. The number of nitro groups is 1. The topological polar surface area (TPSA) is 80.4 Å². The van der Waals surface area contributed by atoms with Crippen LogP contribution in [0.4, 0.5) is 5.69 Å². The number of non-ortho nitro benzene ring substituents is 1. The van der Waals surface area contributed by atoms with Gasteiger partial charge < -0.3 is 5.11 Å². The van der Waals surface area contributed by atoms with E-state index in [2.05, 4.69) is 0 Å². The lowest BCUT2D eigenvalue weighted by atomic mass is 10.1. The van der Waals surface area contributed by atoms with E-state index in [0.717, 1.165) is 5.56 Å². The highest BCUT2D eigenvalue weighted by Crippen LogP contribution is 2.47. The predicted molar refractivity (Wildman–Crippen MR) is 51.6 cm³/mol. The van der Waals surface area contributed by atoms with E-state index in [0.29, 0.717) is 6.42 Å². The third kappa shape index (κ3) is 1.81. The van der Waals surface area contributed by atoms with Crippen LogP contribution in [0, 0.1) is 16.0 Å². The number of hydrogen-bond acceptors (Lipinski definition) is 3. The van der Waals surface area contributed by atoms with Crippen LogP contribution in [0.15, 0.2) is 24.3 Å². The molecular weight excluding hydrogens is 198 g/mol. The highest BCUT2D eigenvalue weighted by molar-refractivity contribution is 5.75. The van der Waals surface area contributed by atoms with Gasteiger partial charge in [-0.25, -0.2) is 0 Å². The highest BCUT2D eigenvalue weighted by atomic mass is 16.6. The van der Waals surface area contributed by atoms with Gasteiger partial charge in [-0.15, -0.1) is 0 Å². The molecule has 78 valence electrons. The first-order valence-corrected chi connectivity index (χ1v) is 4.57. The molecule has 0 bridgehead atoms. The molecule has 15 heavy (non-hydrogen) atoms. The van der Waals surface area contributed by atoms with Gasteiger partial charge in [0.1, 0.15) is 0 Å². The number of carboxylic acid groups (broad SMARTS) is 1. The van der Waals surface area contributed by atoms with Gasteiger partial charge in [-0.3, -0.25) is 14.9 Å². The average molecular weight is 207 g/mol. The normalized spacial score (nSPS) is 23.5. The zero-order valence-corrected chi connectivity index (χ0v) is 7.79. The summed E-state index contributed by atoms with van der Waals surface area (Å²) in [5, 5.41) is 19.2. The fourth-order valence-corrected chi connectivity index (χ4v) is 1.71. The Hall–Kier alpha value is -1.91. The lowest BCUT2D eigenvalue weighted by molar-refractivity contribution is -0.384. The number of carbonyl (C=O) groups is 1. The first-order chi connectivity index (χ1) is 7.09. The smallest absolute Gasteiger partial charge is 0.307 e. The monoisotopic (exact) mass is 207 g/mol. The van der Waals surface area contributed by atoms with E-state index < -0.39 is 10.9 Å². The summed E-state index contributed by atoms with van der Waals surface area (Å²) in [5.74, 6) is -1.25. The van der Waals surface area contributed by atoms with E-state index in [-0.39, 0.29) is 17.5 Å². The maximum Gasteiger partial charge on any atom is 0.307 e. The number of carboxylic acids is 1. The second-order valence-corrected chi connectivity index (χ2v) is 3.64. The van der Waals surface area contributed by atoms with E-state index in [1.165, 1.54) is 12.1 Å². The first kappa shape index (κ1) is 9.64. The van der Waals surface area contributed by atoms with E-state index in [9.17, 15) is 14.9 Å². The van der Waals surface area contributed by atoms with Crippen LogP contribution in [0.1, 0.15) is 17.9 Å². The molecule has 1 fully saturated rings. The molecule has 0 radical (unpaired) electrons. The molecule has 5 heteroatoms. The van der Waals surface area contributed by atoms with E-state index in [1.807, 2.05) is 0 Å². The molecule has 1 aliphatic rings. The number of rotatable bonds is 3. The predicted octanol–water partition coefficient (Wildman–Crippen LogP) is 1.78. The van der Waals surface area contributed by atoms with Gasteiger partial charge in [0.15, 0.2) is 0 Å². The van der Waals surface area contributed by atoms with Crippen LogP contribution in [-0.2, 0) is 4.79 Å². The highest BCUT2D eigenvalue weighted by Gasteiger charge is 2.44. The van der Waals surface area contributed by atoms with Crippen molar-refractivity contribution in [1.82, 2.24) is 0 Å². The number of nitro benzene ring substituents is 1. The summed E-state index contributed by atoms with van der Waals surface area (Å²) in [4.78, 5) is 20.7. The summed E-state index contributed by atoms with van der Waals surface area (Å²) >= 11 is 0. The standard InChI is InChI=1S/C10H9NO4/c12-10(13)9-5-8(9)6-2-1-3-7(4-6)11(14)15/h1-4,8-9H,5H2,(H,12,13)/t8-,9+/m0/s1. The summed E-state index contributed by atoms with van der Waals surface area (Å²) in [7, 11) is 0. The maximum atomic E-state index is 10.6. The van der Waals surface area contributed by atoms with Crippen molar-refractivity contribution in [1.29, 1.82) is 0 Å². The molecule has 0 saturated heterocycles. The van der Waals surface area contributed by atoms with Crippen LogP contribution in [0.3, 0.4) is 0 Å². The average Bonchev–Trinajstić information content (AvgIpc) is 2.97. The van der Waals surface area contributed by atoms with Gasteiger partial charge in [0.25, 0.3) is 5.69 Å². The van der Waals surface area contributed by atoms with Crippen molar-refractivity contribution in [3.05, 3.63) is 39.9 Å². The minimum absolute atomic E-state index is 0.0172. The minimum atomic E-state index is -0.827. The van der Waals surface area contributed by atoms with Gasteiger partial charge in [0.05, 0.1) is 10.8 Å². The molecule has 0 unspecified atom stereocenters. The molecule has 1 aliphatic carbocycles. The second kappa shape index (κ2) is 3.34. The van der Waals surface area contributed by atoms with E-state index in [4.69, 9.17) is 5.11 Å². The van der Waals surface area contributed by atoms with E-state index in [1.54, 1.807) is 12.1 Å². The van der Waals surface area contributed by atoms with Crippen molar-refractivity contribution in [3.8, 4) is 0 Å². The molecule has 1 aromatic rings. The van der Waals surface area contributed by atoms with Crippen molar-refractivity contribution in [2.75, 3.05) is 0 Å². The third-order valence-electron chi connectivity index (χ3n) is 2.62. The quantitative estimate of drug-likeness (QED) is 0.605. The van der Waals surface area contributed by atoms with Crippen LogP contribution >= 0.6 is 0 Å². The van der Waals surface area contributed by atoms with Crippen molar-refractivity contribution in [2.24, 2.45) is 5.92 Å². The van der Waals surface area contributed by atoms with Crippen molar-refractivity contribution in [2.45, 2.75) is 12.3 Å². The zero-order chi connectivity index (χ0) is 11.0. The molecule has 2 rings (SSSR count). The van der Waals surface area contributed by atoms with Crippen LogP contribution in [0.2, 0.25) is 0 Å².